The number of halogens is 2. The van der Waals surface area contributed by atoms with Crippen LogP contribution in [0.4, 0.5) is 11.6 Å². The van der Waals surface area contributed by atoms with Gasteiger partial charge in [-0.3, -0.25) is 15.1 Å². The summed E-state index contributed by atoms with van der Waals surface area (Å²) in [6.07, 6.45) is 0. The van der Waals surface area contributed by atoms with Crippen molar-refractivity contribution in [3.63, 3.8) is 0 Å². The first-order valence-corrected chi connectivity index (χ1v) is 5.14. The molecule has 0 aliphatic rings. The summed E-state index contributed by atoms with van der Waals surface area (Å²) in [5.41, 5.74) is 16.0. The Balaban J connectivity index is 0.00000324. The second kappa shape index (κ2) is 7.56. The number of carbonyl (C=O) groups is 1. The first kappa shape index (κ1) is 17.2. The third-order valence-corrected chi connectivity index (χ3v) is 2.02. The van der Waals surface area contributed by atoms with Crippen molar-refractivity contribution in [1.29, 1.82) is 0 Å². The van der Waals surface area contributed by atoms with Gasteiger partial charge in [0.25, 0.3) is 5.91 Å². The fraction of sp³-hybridized carbons (Fsp3) is 0.250. The number of hydrogen-bond donors (Lipinski definition) is 5. The van der Waals surface area contributed by atoms with E-state index in [1.54, 1.807) is 0 Å². The highest BCUT2D eigenvalue weighted by molar-refractivity contribution is 6.31. The van der Waals surface area contributed by atoms with Crippen LogP contribution < -0.4 is 22.5 Å². The molecule has 0 aliphatic carbocycles. The highest BCUT2D eigenvalue weighted by Gasteiger charge is 2.16. The summed E-state index contributed by atoms with van der Waals surface area (Å²) in [5.74, 6) is -1.15. The largest absolute Gasteiger partial charge is 0.394 e. The zero-order chi connectivity index (χ0) is 13.7. The molecule has 1 aromatic heterocycles. The minimum absolute atomic E-state index is 0. The van der Waals surface area contributed by atoms with Crippen LogP contribution in [-0.4, -0.2) is 40.1 Å². The summed E-state index contributed by atoms with van der Waals surface area (Å²) in [6.45, 7) is -0.123. The number of rotatable bonds is 3. The fourth-order valence-electron chi connectivity index (χ4n) is 0.994. The van der Waals surface area contributed by atoms with Gasteiger partial charge in [0.15, 0.2) is 28.4 Å². The quantitative estimate of drug-likeness (QED) is 0.343. The van der Waals surface area contributed by atoms with Crippen LogP contribution in [0, 0.1) is 0 Å². The van der Waals surface area contributed by atoms with Crippen LogP contribution in [0.5, 0.6) is 0 Å². The van der Waals surface area contributed by atoms with Gasteiger partial charge in [-0.1, -0.05) is 11.6 Å². The maximum absolute atomic E-state index is 11.7. The summed E-state index contributed by atoms with van der Waals surface area (Å²) < 4.78 is 0. The van der Waals surface area contributed by atoms with Crippen molar-refractivity contribution in [2.75, 3.05) is 24.6 Å². The van der Waals surface area contributed by atoms with Crippen LogP contribution >= 0.6 is 24.0 Å². The Morgan fingerprint density at radius 1 is 1.37 bits per heavy atom. The van der Waals surface area contributed by atoms with Crippen LogP contribution in [-0.2, 0) is 0 Å². The Bertz CT molecular complexity index is 494. The topological polar surface area (TPSA) is 166 Å². The van der Waals surface area contributed by atoms with Gasteiger partial charge >= 0.3 is 0 Å². The molecule has 0 saturated heterocycles. The first-order chi connectivity index (χ1) is 8.45. The van der Waals surface area contributed by atoms with E-state index in [-0.39, 0.29) is 54.0 Å². The second-order valence-electron chi connectivity index (χ2n) is 3.08. The average molecular weight is 310 g/mol. The number of aliphatic hydroxyl groups excluding tert-OH is 1. The van der Waals surface area contributed by atoms with Gasteiger partial charge in [-0.15, -0.1) is 12.4 Å². The maximum atomic E-state index is 11.7. The molecule has 0 aromatic carbocycles. The summed E-state index contributed by atoms with van der Waals surface area (Å²) in [5, 5.41) is 10.6. The zero-order valence-corrected chi connectivity index (χ0v) is 11.2. The van der Waals surface area contributed by atoms with Crippen molar-refractivity contribution in [2.45, 2.75) is 0 Å². The van der Waals surface area contributed by atoms with Crippen LogP contribution in [0.1, 0.15) is 10.5 Å². The predicted molar refractivity (Wildman–Crippen MR) is 74.2 cm³/mol. The molecular formula is C8H13Cl2N7O2. The van der Waals surface area contributed by atoms with Crippen molar-refractivity contribution >= 4 is 47.5 Å². The molecule has 1 rings (SSSR count). The van der Waals surface area contributed by atoms with Crippen molar-refractivity contribution in [3.8, 4) is 0 Å². The van der Waals surface area contributed by atoms with E-state index in [9.17, 15) is 4.79 Å². The number of nitrogens with two attached hydrogens (primary N) is 3. The van der Waals surface area contributed by atoms with Crippen LogP contribution in [0.3, 0.4) is 0 Å². The van der Waals surface area contributed by atoms with Gasteiger partial charge in [-0.2, -0.15) is 0 Å². The molecule has 0 radical (unpaired) electrons. The van der Waals surface area contributed by atoms with Gasteiger partial charge in [0, 0.05) is 0 Å². The molecule has 0 aliphatic heterocycles. The van der Waals surface area contributed by atoms with Gasteiger partial charge < -0.3 is 22.3 Å². The van der Waals surface area contributed by atoms with E-state index in [1.807, 2.05) is 0 Å². The first-order valence-electron chi connectivity index (χ1n) is 4.76. The second-order valence-corrected chi connectivity index (χ2v) is 3.44. The van der Waals surface area contributed by atoms with Gasteiger partial charge in [0.05, 0.1) is 13.2 Å². The van der Waals surface area contributed by atoms with Gasteiger partial charge in [-0.05, 0) is 0 Å². The molecule has 8 N–H and O–H groups in total. The lowest BCUT2D eigenvalue weighted by Gasteiger charge is -2.06. The van der Waals surface area contributed by atoms with E-state index in [0.29, 0.717) is 0 Å². The number of anilines is 2. The van der Waals surface area contributed by atoms with Crippen molar-refractivity contribution in [1.82, 2.24) is 15.3 Å². The number of nitrogen functional groups attached to an aromatic ring is 2. The third-order valence-electron chi connectivity index (χ3n) is 1.74. The van der Waals surface area contributed by atoms with Gasteiger partial charge in [0.1, 0.15) is 0 Å². The zero-order valence-electron chi connectivity index (χ0n) is 9.63. The van der Waals surface area contributed by atoms with E-state index < -0.39 is 5.91 Å². The van der Waals surface area contributed by atoms with E-state index in [1.165, 1.54) is 0 Å². The van der Waals surface area contributed by atoms with Crippen molar-refractivity contribution in [3.05, 3.63) is 10.8 Å². The molecule has 1 aromatic rings. The van der Waals surface area contributed by atoms with Gasteiger partial charge in [0.2, 0.25) is 0 Å². The number of guanidine groups is 1. The number of amides is 1. The molecule has 11 heteroatoms. The average Bonchev–Trinajstić information content (AvgIpc) is 2.31. The Morgan fingerprint density at radius 2 is 2.00 bits per heavy atom. The van der Waals surface area contributed by atoms with Crippen LogP contribution in [0.25, 0.3) is 0 Å². The molecule has 0 spiro atoms. The van der Waals surface area contributed by atoms with E-state index in [0.717, 1.165) is 0 Å². The lowest BCUT2D eigenvalue weighted by atomic mass is 10.4. The molecule has 1 amide bonds. The summed E-state index contributed by atoms with van der Waals surface area (Å²) in [6, 6.07) is 0. The van der Waals surface area contributed by atoms with Gasteiger partial charge in [-0.25, -0.2) is 9.97 Å². The Kier molecular flexibility index (Phi) is 6.83. The fourth-order valence-corrected chi connectivity index (χ4v) is 1.12. The summed E-state index contributed by atoms with van der Waals surface area (Å²) in [7, 11) is 0. The normalized spacial score (nSPS) is 10.7. The van der Waals surface area contributed by atoms with Crippen LogP contribution in [0.2, 0.25) is 5.15 Å². The lowest BCUT2D eigenvalue weighted by Crippen LogP contribution is -2.38. The smallest absolute Gasteiger partial charge is 0.280 e. The minimum Gasteiger partial charge on any atom is -0.394 e. The number of aliphatic hydroxyl groups is 1. The lowest BCUT2D eigenvalue weighted by molar-refractivity contribution is 0.0972. The van der Waals surface area contributed by atoms with Crippen molar-refractivity contribution in [2.24, 2.45) is 10.7 Å². The molecular weight excluding hydrogens is 297 g/mol. The highest BCUT2D eigenvalue weighted by atomic mass is 35.5. The summed E-state index contributed by atoms with van der Waals surface area (Å²) in [4.78, 5) is 22.7. The number of nitrogens with one attached hydrogen (secondary N) is 1. The molecule has 0 fully saturated rings. The molecule has 0 bridgehead atoms. The van der Waals surface area contributed by atoms with E-state index in [4.69, 9.17) is 33.9 Å². The maximum Gasteiger partial charge on any atom is 0.280 e. The Labute approximate surface area is 119 Å². The highest BCUT2D eigenvalue weighted by Crippen LogP contribution is 2.16. The molecule has 106 valence electrons. The molecule has 0 saturated carbocycles. The number of aliphatic imine (C=N–C) groups is 1. The Hall–Kier alpha value is -1.84. The molecule has 9 nitrogen and oxygen atoms in total. The molecule has 19 heavy (non-hydrogen) atoms. The van der Waals surface area contributed by atoms with Crippen LogP contribution in [0.15, 0.2) is 4.99 Å². The molecule has 1 heterocycles. The monoisotopic (exact) mass is 309 g/mol. The SMILES string of the molecule is Cl.NC(=NCCO)NC(=O)c1nc(Cl)c(N)nc1N. The van der Waals surface area contributed by atoms with E-state index in [2.05, 4.69) is 20.3 Å². The molecule has 0 atom stereocenters. The standard InChI is InChI=1S/C8H12ClN7O2.ClH/c9-4-6(11)15-5(10)3(14-4)7(18)16-8(12)13-1-2-17;/h17H,1-2H2,(H4,10,11,15)(H3,12,13,16,18);1H. The predicted octanol–water partition coefficient (Wildman–Crippen LogP) is -1.25. The Morgan fingerprint density at radius 3 is 2.58 bits per heavy atom. The number of carbonyl (C=O) groups excluding carboxylic acids is 1. The van der Waals surface area contributed by atoms with Crippen molar-refractivity contribution < 1.29 is 9.90 Å². The third kappa shape index (κ3) is 4.73. The minimum atomic E-state index is -0.721. The number of aromatic nitrogens is 2. The molecule has 0 unspecified atom stereocenters. The number of hydrogen-bond acceptors (Lipinski definition) is 7. The number of nitrogens with zero attached hydrogens (tertiary/aromatic N) is 3. The van der Waals surface area contributed by atoms with E-state index >= 15 is 0 Å². The summed E-state index contributed by atoms with van der Waals surface area (Å²) >= 11 is 5.62.